The first-order valence-corrected chi connectivity index (χ1v) is 10.5. The van der Waals surface area contributed by atoms with Crippen LogP contribution < -0.4 is 4.90 Å². The van der Waals surface area contributed by atoms with Gasteiger partial charge in [0.2, 0.25) is 10.0 Å². The maximum atomic E-state index is 13.4. The molecule has 2 saturated heterocycles. The fourth-order valence-corrected chi connectivity index (χ4v) is 5.42. The van der Waals surface area contributed by atoms with Crippen molar-refractivity contribution >= 4 is 21.4 Å². The number of benzene rings is 1. The lowest BCUT2D eigenvalue weighted by Crippen LogP contribution is -2.49. The van der Waals surface area contributed by atoms with Gasteiger partial charge in [-0.1, -0.05) is 0 Å². The fraction of sp³-hybridized carbons (Fsp3) is 0.647. The molecule has 0 radical (unpaired) electrons. The summed E-state index contributed by atoms with van der Waals surface area (Å²) in [5.41, 5.74) is 0.307. The van der Waals surface area contributed by atoms with Gasteiger partial charge in [-0.3, -0.25) is 10.1 Å². The molecule has 1 aromatic carbocycles. The molecule has 1 aromatic rings. The Bertz CT molecular complexity index is 798. The van der Waals surface area contributed by atoms with Gasteiger partial charge in [0.1, 0.15) is 4.90 Å². The molecular formula is C17H26N4O5S. The Morgan fingerprint density at radius 1 is 1.11 bits per heavy atom. The van der Waals surface area contributed by atoms with Gasteiger partial charge in [0.25, 0.3) is 5.69 Å². The zero-order valence-corrected chi connectivity index (χ0v) is 16.7. The minimum atomic E-state index is -3.88. The molecule has 0 N–H and O–H groups in total. The molecule has 2 aliphatic rings. The van der Waals surface area contributed by atoms with Gasteiger partial charge in [0, 0.05) is 51.4 Å². The summed E-state index contributed by atoms with van der Waals surface area (Å²) in [6, 6.07) is 4.12. The predicted octanol–water partition coefficient (Wildman–Crippen LogP) is 1.14. The van der Waals surface area contributed by atoms with E-state index in [1.54, 1.807) is 6.07 Å². The monoisotopic (exact) mass is 398 g/mol. The zero-order chi connectivity index (χ0) is 19.8. The number of nitro benzene ring substituents is 1. The molecule has 2 unspecified atom stereocenters. The van der Waals surface area contributed by atoms with Crippen molar-refractivity contribution in [2.24, 2.45) is 0 Å². The van der Waals surface area contributed by atoms with Gasteiger partial charge in [-0.05, 0) is 27.0 Å². The van der Waals surface area contributed by atoms with E-state index in [9.17, 15) is 18.5 Å². The topological polar surface area (TPSA) is 96.2 Å². The van der Waals surface area contributed by atoms with Crippen molar-refractivity contribution in [2.75, 3.05) is 51.2 Å². The van der Waals surface area contributed by atoms with Crippen LogP contribution in [0.15, 0.2) is 23.1 Å². The summed E-state index contributed by atoms with van der Waals surface area (Å²) in [4.78, 5) is 14.9. The first kappa shape index (κ1) is 20.0. The third-order valence-corrected chi connectivity index (χ3v) is 6.86. The summed E-state index contributed by atoms with van der Waals surface area (Å²) in [7, 11) is -1.87. The van der Waals surface area contributed by atoms with Crippen LogP contribution in [0.4, 0.5) is 11.4 Å². The van der Waals surface area contributed by atoms with Crippen molar-refractivity contribution in [3.8, 4) is 0 Å². The van der Waals surface area contributed by atoms with E-state index in [0.717, 1.165) is 13.1 Å². The first-order valence-electron chi connectivity index (χ1n) is 9.06. The number of hydrogen-bond donors (Lipinski definition) is 0. The minimum absolute atomic E-state index is 0.00236. The number of sulfonamides is 1. The molecular weight excluding hydrogens is 372 g/mol. The normalized spacial score (nSPS) is 25.5. The lowest BCUT2D eigenvalue weighted by atomic mass is 10.2. The molecule has 3 rings (SSSR count). The van der Waals surface area contributed by atoms with E-state index < -0.39 is 14.9 Å². The number of rotatable bonds is 4. The maximum absolute atomic E-state index is 13.4. The second-order valence-corrected chi connectivity index (χ2v) is 9.19. The van der Waals surface area contributed by atoms with Crippen molar-refractivity contribution in [3.63, 3.8) is 0 Å². The number of ether oxygens (including phenoxy) is 1. The van der Waals surface area contributed by atoms with E-state index in [1.807, 2.05) is 25.8 Å². The lowest BCUT2D eigenvalue weighted by molar-refractivity contribution is -0.385. The number of anilines is 1. The standard InChI is InChI=1S/C17H26N4O5S/c1-13-11-20(12-14(2)26-13)27(24,25)17-10-15(21(22)23)4-5-16(17)19-8-6-18(3)7-9-19/h4-5,10,13-14H,6-9,11-12H2,1-3H3. The number of nitro groups is 1. The fourth-order valence-electron chi connectivity index (χ4n) is 3.60. The number of nitrogens with zero attached hydrogens (tertiary/aromatic N) is 4. The van der Waals surface area contributed by atoms with E-state index in [0.29, 0.717) is 18.8 Å². The molecule has 2 fully saturated rings. The third kappa shape index (κ3) is 4.23. The lowest BCUT2D eigenvalue weighted by Gasteiger charge is -2.37. The van der Waals surface area contributed by atoms with Crippen LogP contribution in [0, 0.1) is 10.1 Å². The van der Waals surface area contributed by atoms with E-state index in [2.05, 4.69) is 4.90 Å². The zero-order valence-electron chi connectivity index (χ0n) is 15.9. The SMILES string of the molecule is CC1CN(S(=O)(=O)c2cc([N+](=O)[O-])ccc2N2CCN(C)CC2)CC(C)O1. The van der Waals surface area contributed by atoms with Gasteiger partial charge in [0.05, 0.1) is 22.8 Å². The number of morpholine rings is 1. The van der Waals surface area contributed by atoms with E-state index in [4.69, 9.17) is 4.74 Å². The molecule has 150 valence electrons. The van der Waals surface area contributed by atoms with Crippen LogP contribution in [0.2, 0.25) is 0 Å². The van der Waals surface area contributed by atoms with Crippen LogP contribution in [0.5, 0.6) is 0 Å². The van der Waals surface area contributed by atoms with Crippen LogP contribution in [-0.4, -0.2) is 81.1 Å². The molecule has 0 aliphatic carbocycles. The van der Waals surface area contributed by atoms with Crippen molar-refractivity contribution in [1.82, 2.24) is 9.21 Å². The molecule has 9 nitrogen and oxygen atoms in total. The van der Waals surface area contributed by atoms with Gasteiger partial charge in [-0.15, -0.1) is 0 Å². The molecule has 0 amide bonds. The summed E-state index contributed by atoms with van der Waals surface area (Å²) in [5.74, 6) is 0. The quantitative estimate of drug-likeness (QED) is 0.554. The van der Waals surface area contributed by atoms with Gasteiger partial charge >= 0.3 is 0 Å². The highest BCUT2D eigenvalue weighted by atomic mass is 32.2. The Morgan fingerprint density at radius 2 is 1.70 bits per heavy atom. The highest BCUT2D eigenvalue weighted by Gasteiger charge is 2.35. The Balaban J connectivity index is 2.03. The molecule has 0 bridgehead atoms. The van der Waals surface area contributed by atoms with Crippen LogP contribution in [0.3, 0.4) is 0 Å². The Hall–Kier alpha value is -1.75. The van der Waals surface area contributed by atoms with Crippen molar-refractivity contribution in [2.45, 2.75) is 31.0 Å². The summed E-state index contributed by atoms with van der Waals surface area (Å²) >= 11 is 0. The number of likely N-dealkylation sites (N-methyl/N-ethyl adjacent to an activating group) is 1. The summed E-state index contributed by atoms with van der Waals surface area (Å²) < 4.78 is 33.8. The third-order valence-electron chi connectivity index (χ3n) is 5.00. The van der Waals surface area contributed by atoms with Gasteiger partial charge in [-0.25, -0.2) is 8.42 Å². The van der Waals surface area contributed by atoms with E-state index in [1.165, 1.54) is 16.4 Å². The van der Waals surface area contributed by atoms with Crippen LogP contribution in [0.1, 0.15) is 13.8 Å². The van der Waals surface area contributed by atoms with Crippen molar-refractivity contribution < 1.29 is 18.1 Å². The Kier molecular flexibility index (Phi) is 5.71. The first-order chi connectivity index (χ1) is 12.7. The van der Waals surface area contributed by atoms with Crippen molar-refractivity contribution in [1.29, 1.82) is 0 Å². The van der Waals surface area contributed by atoms with Crippen LogP contribution >= 0.6 is 0 Å². The average Bonchev–Trinajstić information content (AvgIpc) is 2.61. The van der Waals surface area contributed by atoms with Crippen LogP contribution in [0.25, 0.3) is 0 Å². The highest BCUT2D eigenvalue weighted by Crippen LogP contribution is 2.33. The average molecular weight is 398 g/mol. The predicted molar refractivity (Wildman–Crippen MR) is 102 cm³/mol. The van der Waals surface area contributed by atoms with E-state index >= 15 is 0 Å². The molecule has 2 atom stereocenters. The highest BCUT2D eigenvalue weighted by molar-refractivity contribution is 7.89. The smallest absolute Gasteiger partial charge is 0.270 e. The minimum Gasteiger partial charge on any atom is -0.373 e. The Morgan fingerprint density at radius 3 is 2.26 bits per heavy atom. The van der Waals surface area contributed by atoms with Gasteiger partial charge in [-0.2, -0.15) is 4.31 Å². The Labute approximate surface area is 159 Å². The summed E-state index contributed by atoms with van der Waals surface area (Å²) in [5, 5.41) is 11.2. The molecule has 2 aliphatic heterocycles. The van der Waals surface area contributed by atoms with E-state index in [-0.39, 0.29) is 35.9 Å². The molecule has 27 heavy (non-hydrogen) atoms. The number of non-ortho nitro benzene ring substituents is 1. The molecule has 0 aromatic heterocycles. The molecule has 0 spiro atoms. The molecule has 10 heteroatoms. The van der Waals surface area contributed by atoms with Crippen molar-refractivity contribution in [3.05, 3.63) is 28.3 Å². The molecule has 0 saturated carbocycles. The largest absolute Gasteiger partial charge is 0.373 e. The molecule has 2 heterocycles. The number of piperazine rings is 1. The maximum Gasteiger partial charge on any atom is 0.270 e. The summed E-state index contributed by atoms with van der Waals surface area (Å²) in [6.45, 7) is 7.08. The number of hydrogen-bond acceptors (Lipinski definition) is 7. The van der Waals surface area contributed by atoms with Gasteiger partial charge in [0.15, 0.2) is 0 Å². The summed E-state index contributed by atoms with van der Waals surface area (Å²) in [6.07, 6.45) is -0.455. The second-order valence-electron chi connectivity index (χ2n) is 7.28. The van der Waals surface area contributed by atoms with Gasteiger partial charge < -0.3 is 14.5 Å². The second kappa shape index (κ2) is 7.70. The van der Waals surface area contributed by atoms with Crippen LogP contribution in [-0.2, 0) is 14.8 Å².